The fourth-order valence-corrected chi connectivity index (χ4v) is 4.65. The number of halogens is 1. The van der Waals surface area contributed by atoms with Crippen LogP contribution in [0.2, 0.25) is 5.02 Å². The molecule has 0 aliphatic carbocycles. The number of anilines is 1. The number of hydrogen-bond acceptors (Lipinski definition) is 10. The smallest absolute Gasteiger partial charge is 0.270 e. The average Bonchev–Trinajstić information content (AvgIpc) is 3.24. The summed E-state index contributed by atoms with van der Waals surface area (Å²) in [5, 5.41) is 36.0. The summed E-state index contributed by atoms with van der Waals surface area (Å²) >= 11 is 6.58. The monoisotopic (exact) mass is 504 g/mol. The summed E-state index contributed by atoms with van der Waals surface area (Å²) in [6.45, 7) is 1.74. The molecular weight excluding hydrogens is 480 g/mol. The number of para-hydroxylation sites is 1. The Morgan fingerprint density at radius 1 is 1.31 bits per heavy atom. The van der Waals surface area contributed by atoms with Crippen molar-refractivity contribution in [3.63, 3.8) is 0 Å². The highest BCUT2D eigenvalue weighted by molar-refractivity contribution is 6.33. The van der Waals surface area contributed by atoms with Crippen molar-refractivity contribution in [2.75, 3.05) is 19.1 Å². The van der Waals surface area contributed by atoms with Crippen LogP contribution in [0.15, 0.2) is 42.5 Å². The van der Waals surface area contributed by atoms with Gasteiger partial charge in [-0.1, -0.05) is 23.7 Å². The normalized spacial score (nSPS) is 21.5. The van der Waals surface area contributed by atoms with E-state index in [9.17, 15) is 15.2 Å². The van der Waals surface area contributed by atoms with Crippen molar-refractivity contribution in [3.05, 3.63) is 69.0 Å². The Labute approximate surface area is 206 Å². The van der Waals surface area contributed by atoms with Crippen LogP contribution in [0.25, 0.3) is 0 Å². The van der Waals surface area contributed by atoms with Crippen molar-refractivity contribution in [1.29, 1.82) is 0 Å². The SMILES string of the molecule is COC(OC)[C@@]1(C)Oc2ccc([N+](=O)[O-])cc2[C@H](N(Cc2nnn(C)n2)c2ccccc2Cl)[C@H]1O. The van der Waals surface area contributed by atoms with Crippen molar-refractivity contribution in [2.45, 2.75) is 37.5 Å². The van der Waals surface area contributed by atoms with E-state index >= 15 is 0 Å². The number of aromatic nitrogens is 4. The second-order valence-corrected chi connectivity index (χ2v) is 8.64. The lowest BCUT2D eigenvalue weighted by molar-refractivity contribution is -0.385. The standard InChI is InChI=1S/C22H25ClN6O6/c1-22(21(33-3)34-4)20(30)19(14-11-13(29(31)32)9-10-17(14)35-22)28(12-18-24-26-27(2)25-18)16-8-6-5-7-15(16)23/h5-11,19-21,30H,12H2,1-4H3/t19-,20+,22-/m0/s1. The molecule has 12 nitrogen and oxygen atoms in total. The van der Waals surface area contributed by atoms with Crippen LogP contribution < -0.4 is 9.64 Å². The van der Waals surface area contributed by atoms with E-state index in [0.29, 0.717) is 27.8 Å². The molecule has 2 heterocycles. The van der Waals surface area contributed by atoms with Crippen molar-refractivity contribution in [2.24, 2.45) is 7.05 Å². The number of rotatable bonds is 8. The number of fused-ring (bicyclic) bond motifs is 1. The van der Waals surface area contributed by atoms with E-state index in [-0.39, 0.29) is 12.2 Å². The van der Waals surface area contributed by atoms with Gasteiger partial charge in [-0.3, -0.25) is 10.1 Å². The number of nitro benzene ring substituents is 1. The molecule has 4 rings (SSSR count). The van der Waals surface area contributed by atoms with E-state index < -0.39 is 29.0 Å². The summed E-state index contributed by atoms with van der Waals surface area (Å²) in [6.07, 6.45) is -2.26. The second kappa shape index (κ2) is 9.74. The first-order valence-electron chi connectivity index (χ1n) is 10.6. The Kier molecular flexibility index (Phi) is 6.90. The number of nitro groups is 1. The highest BCUT2D eigenvalue weighted by Crippen LogP contribution is 2.48. The highest BCUT2D eigenvalue weighted by Gasteiger charge is 2.54. The third-order valence-corrected chi connectivity index (χ3v) is 6.31. The molecule has 0 bridgehead atoms. The zero-order chi connectivity index (χ0) is 25.3. The van der Waals surface area contributed by atoms with Crippen LogP contribution in [0.3, 0.4) is 0 Å². The van der Waals surface area contributed by atoms with Crippen molar-refractivity contribution < 1.29 is 24.2 Å². The second-order valence-electron chi connectivity index (χ2n) is 8.23. The van der Waals surface area contributed by atoms with Crippen molar-refractivity contribution >= 4 is 23.0 Å². The average molecular weight is 505 g/mol. The zero-order valence-electron chi connectivity index (χ0n) is 19.5. The maximum absolute atomic E-state index is 11.8. The number of nitrogens with zero attached hydrogens (tertiary/aromatic N) is 6. The Morgan fingerprint density at radius 2 is 2.03 bits per heavy atom. The highest BCUT2D eigenvalue weighted by atomic mass is 35.5. The van der Waals surface area contributed by atoms with Crippen molar-refractivity contribution in [3.8, 4) is 5.75 Å². The van der Waals surface area contributed by atoms with Gasteiger partial charge in [-0.05, 0) is 30.3 Å². The molecule has 1 aromatic heterocycles. The Bertz CT molecular complexity index is 1220. The predicted molar refractivity (Wildman–Crippen MR) is 125 cm³/mol. The maximum atomic E-state index is 11.8. The van der Waals surface area contributed by atoms with E-state index in [4.69, 9.17) is 25.8 Å². The number of aryl methyl sites for hydroxylation is 1. The molecule has 1 aliphatic heterocycles. The molecule has 35 heavy (non-hydrogen) atoms. The van der Waals surface area contributed by atoms with Crippen LogP contribution in [0.5, 0.6) is 5.75 Å². The molecule has 2 aromatic carbocycles. The topological polar surface area (TPSA) is 138 Å². The first kappa shape index (κ1) is 24.8. The minimum atomic E-state index is -1.40. The summed E-state index contributed by atoms with van der Waals surface area (Å²) in [4.78, 5) is 14.2. The quantitative estimate of drug-likeness (QED) is 0.276. The number of aliphatic hydroxyl groups is 1. The van der Waals surface area contributed by atoms with E-state index in [1.165, 1.54) is 37.2 Å². The van der Waals surface area contributed by atoms with Gasteiger partial charge in [-0.15, -0.1) is 10.2 Å². The maximum Gasteiger partial charge on any atom is 0.270 e. The number of benzene rings is 2. The lowest BCUT2D eigenvalue weighted by Gasteiger charge is -2.49. The molecule has 3 atom stereocenters. The van der Waals surface area contributed by atoms with Gasteiger partial charge in [0.1, 0.15) is 11.9 Å². The molecular formula is C22H25ClN6O6. The lowest BCUT2D eigenvalue weighted by Crippen LogP contribution is -2.62. The Hall–Kier alpha value is -3.32. The minimum Gasteiger partial charge on any atom is -0.479 e. The summed E-state index contributed by atoms with van der Waals surface area (Å²) < 4.78 is 17.1. The number of aliphatic hydroxyl groups excluding tert-OH is 1. The molecule has 1 N–H and O–H groups in total. The first-order chi connectivity index (χ1) is 16.7. The summed E-state index contributed by atoms with van der Waals surface area (Å²) in [5.74, 6) is 0.687. The zero-order valence-corrected chi connectivity index (χ0v) is 20.3. The predicted octanol–water partition coefficient (Wildman–Crippen LogP) is 2.65. The van der Waals surface area contributed by atoms with E-state index in [1.54, 1.807) is 43.1 Å². The molecule has 13 heteroatoms. The number of ether oxygens (including phenoxy) is 3. The minimum absolute atomic E-state index is 0.0855. The lowest BCUT2D eigenvalue weighted by atomic mass is 9.83. The molecule has 0 saturated carbocycles. The summed E-state index contributed by atoms with van der Waals surface area (Å²) in [6, 6.07) is 10.4. The van der Waals surface area contributed by atoms with E-state index in [0.717, 1.165) is 0 Å². The van der Waals surface area contributed by atoms with Gasteiger partial charge in [0.15, 0.2) is 17.7 Å². The first-order valence-corrected chi connectivity index (χ1v) is 11.0. The number of tetrazole rings is 1. The molecule has 0 radical (unpaired) electrons. The van der Waals surface area contributed by atoms with Gasteiger partial charge in [-0.25, -0.2) is 0 Å². The third-order valence-electron chi connectivity index (χ3n) is 5.99. The van der Waals surface area contributed by atoms with Gasteiger partial charge in [0.25, 0.3) is 5.69 Å². The number of non-ortho nitro benzene ring substituents is 1. The fourth-order valence-electron chi connectivity index (χ4n) is 4.40. The Balaban J connectivity index is 1.94. The Morgan fingerprint density at radius 3 is 2.63 bits per heavy atom. The summed E-state index contributed by atoms with van der Waals surface area (Å²) in [7, 11) is 4.51. The summed E-state index contributed by atoms with van der Waals surface area (Å²) in [5.41, 5.74) is -0.607. The van der Waals surface area contributed by atoms with Gasteiger partial charge in [0.2, 0.25) is 0 Å². The van der Waals surface area contributed by atoms with Crippen molar-refractivity contribution in [1.82, 2.24) is 20.2 Å². The molecule has 3 aromatic rings. The van der Waals surface area contributed by atoms with E-state index in [1.807, 2.05) is 0 Å². The van der Waals surface area contributed by atoms with E-state index in [2.05, 4.69) is 15.4 Å². The van der Waals surface area contributed by atoms with Crippen LogP contribution in [0.4, 0.5) is 11.4 Å². The van der Waals surface area contributed by atoms with Gasteiger partial charge in [0, 0.05) is 31.9 Å². The third kappa shape index (κ3) is 4.52. The fraction of sp³-hybridized carbons (Fsp3) is 0.409. The molecule has 186 valence electrons. The van der Waals surface area contributed by atoms with Crippen LogP contribution in [0.1, 0.15) is 24.4 Å². The molecule has 0 fully saturated rings. The van der Waals surface area contributed by atoms with Crippen LogP contribution in [0, 0.1) is 10.1 Å². The van der Waals surface area contributed by atoms with Gasteiger partial charge < -0.3 is 24.2 Å². The number of methoxy groups -OCH3 is 2. The molecule has 1 aliphatic rings. The molecule has 0 spiro atoms. The van der Waals surface area contributed by atoms with Gasteiger partial charge in [0.05, 0.1) is 35.3 Å². The van der Waals surface area contributed by atoms with Gasteiger partial charge in [-0.2, -0.15) is 4.80 Å². The molecule has 0 saturated heterocycles. The van der Waals surface area contributed by atoms with Crippen LogP contribution >= 0.6 is 11.6 Å². The number of hydrogen-bond donors (Lipinski definition) is 1. The van der Waals surface area contributed by atoms with Crippen LogP contribution in [-0.2, 0) is 23.1 Å². The van der Waals surface area contributed by atoms with Gasteiger partial charge >= 0.3 is 0 Å². The molecule has 0 amide bonds. The van der Waals surface area contributed by atoms with Crippen LogP contribution in [-0.4, -0.2) is 62.5 Å². The molecule has 0 unspecified atom stereocenters. The largest absolute Gasteiger partial charge is 0.479 e.